The van der Waals surface area contributed by atoms with Crippen LogP contribution in [0.1, 0.15) is 5.56 Å². The molecule has 0 aromatic carbocycles. The zero-order valence-electron chi connectivity index (χ0n) is 8.29. The molecule has 1 aromatic heterocycles. The standard InChI is InChI=1S/C9H17N3O/c1-12-8-9(7-11-12)3-4-10-5-6-13-2/h7-8,10H,3-6H2,1-2H3. The largest absolute Gasteiger partial charge is 0.383 e. The topological polar surface area (TPSA) is 39.1 Å². The van der Waals surface area contributed by atoms with Gasteiger partial charge in [0.2, 0.25) is 0 Å². The van der Waals surface area contributed by atoms with Crippen molar-refractivity contribution in [3.63, 3.8) is 0 Å². The summed E-state index contributed by atoms with van der Waals surface area (Å²) in [4.78, 5) is 0. The number of hydrogen-bond donors (Lipinski definition) is 1. The van der Waals surface area contributed by atoms with Crippen LogP contribution < -0.4 is 5.32 Å². The first-order valence-corrected chi connectivity index (χ1v) is 4.50. The van der Waals surface area contributed by atoms with Gasteiger partial charge in [-0.3, -0.25) is 4.68 Å². The molecule has 4 nitrogen and oxygen atoms in total. The molecule has 0 saturated heterocycles. The van der Waals surface area contributed by atoms with Crippen LogP contribution in [0.5, 0.6) is 0 Å². The summed E-state index contributed by atoms with van der Waals surface area (Å²) in [6.07, 6.45) is 4.97. The highest BCUT2D eigenvalue weighted by Crippen LogP contribution is 1.95. The second kappa shape index (κ2) is 5.72. The number of methoxy groups -OCH3 is 1. The fraction of sp³-hybridized carbons (Fsp3) is 0.667. The summed E-state index contributed by atoms with van der Waals surface area (Å²) in [7, 11) is 3.64. The average molecular weight is 183 g/mol. The van der Waals surface area contributed by atoms with Gasteiger partial charge in [0.25, 0.3) is 0 Å². The van der Waals surface area contributed by atoms with E-state index in [2.05, 4.69) is 10.4 Å². The molecular formula is C9H17N3O. The Morgan fingerprint density at radius 3 is 3.00 bits per heavy atom. The summed E-state index contributed by atoms with van der Waals surface area (Å²) in [5.41, 5.74) is 1.27. The second-order valence-corrected chi connectivity index (χ2v) is 3.02. The molecule has 0 amide bonds. The molecule has 74 valence electrons. The zero-order valence-corrected chi connectivity index (χ0v) is 8.29. The van der Waals surface area contributed by atoms with E-state index >= 15 is 0 Å². The smallest absolute Gasteiger partial charge is 0.0587 e. The average Bonchev–Trinajstić information content (AvgIpc) is 2.51. The Labute approximate surface area is 78.9 Å². The number of aryl methyl sites for hydroxylation is 1. The number of rotatable bonds is 6. The first-order valence-electron chi connectivity index (χ1n) is 4.50. The highest BCUT2D eigenvalue weighted by Gasteiger charge is 1.94. The van der Waals surface area contributed by atoms with Crippen LogP contribution in [0.15, 0.2) is 12.4 Å². The van der Waals surface area contributed by atoms with Crippen LogP contribution in [-0.4, -0.2) is 36.6 Å². The molecule has 0 bridgehead atoms. The highest BCUT2D eigenvalue weighted by molar-refractivity contribution is 5.03. The maximum atomic E-state index is 4.92. The van der Waals surface area contributed by atoms with E-state index in [0.717, 1.165) is 26.1 Å². The monoisotopic (exact) mass is 183 g/mol. The molecule has 1 aromatic rings. The Bertz CT molecular complexity index is 235. The van der Waals surface area contributed by atoms with E-state index in [4.69, 9.17) is 4.74 Å². The van der Waals surface area contributed by atoms with Crippen LogP contribution in [0.3, 0.4) is 0 Å². The van der Waals surface area contributed by atoms with Crippen molar-refractivity contribution in [3.05, 3.63) is 18.0 Å². The first-order chi connectivity index (χ1) is 6.33. The predicted octanol–water partition coefficient (Wildman–Crippen LogP) is 0.199. The third kappa shape index (κ3) is 4.05. The Hall–Kier alpha value is -0.870. The van der Waals surface area contributed by atoms with E-state index in [-0.39, 0.29) is 0 Å². The lowest BCUT2D eigenvalue weighted by Gasteiger charge is -2.01. The Morgan fingerprint density at radius 1 is 1.54 bits per heavy atom. The molecule has 1 rings (SSSR count). The van der Waals surface area contributed by atoms with Gasteiger partial charge in [0.05, 0.1) is 12.8 Å². The summed E-state index contributed by atoms with van der Waals surface area (Å²) in [5, 5.41) is 7.38. The summed E-state index contributed by atoms with van der Waals surface area (Å²) >= 11 is 0. The fourth-order valence-electron chi connectivity index (χ4n) is 1.13. The molecule has 0 saturated carbocycles. The normalized spacial score (nSPS) is 10.6. The fourth-order valence-corrected chi connectivity index (χ4v) is 1.13. The summed E-state index contributed by atoms with van der Waals surface area (Å²) in [6.45, 7) is 2.67. The number of nitrogens with zero attached hydrogens (tertiary/aromatic N) is 2. The van der Waals surface area contributed by atoms with E-state index in [1.54, 1.807) is 7.11 Å². The van der Waals surface area contributed by atoms with Crippen molar-refractivity contribution >= 4 is 0 Å². The van der Waals surface area contributed by atoms with Crippen molar-refractivity contribution in [1.29, 1.82) is 0 Å². The highest BCUT2D eigenvalue weighted by atomic mass is 16.5. The first kappa shape index (κ1) is 10.2. The molecule has 0 aliphatic rings. The summed E-state index contributed by atoms with van der Waals surface area (Å²) < 4.78 is 6.74. The third-order valence-electron chi connectivity index (χ3n) is 1.83. The lowest BCUT2D eigenvalue weighted by atomic mass is 10.2. The molecule has 1 heterocycles. The van der Waals surface area contributed by atoms with Gasteiger partial charge in [-0.1, -0.05) is 0 Å². The molecule has 0 unspecified atom stereocenters. The second-order valence-electron chi connectivity index (χ2n) is 3.02. The van der Waals surface area contributed by atoms with Crippen molar-refractivity contribution in [1.82, 2.24) is 15.1 Å². The molecule has 0 aliphatic heterocycles. The van der Waals surface area contributed by atoms with Crippen molar-refractivity contribution < 1.29 is 4.74 Å². The van der Waals surface area contributed by atoms with Crippen LogP contribution in [0.2, 0.25) is 0 Å². The van der Waals surface area contributed by atoms with Crippen LogP contribution in [0, 0.1) is 0 Å². The maximum Gasteiger partial charge on any atom is 0.0587 e. The lowest BCUT2D eigenvalue weighted by molar-refractivity contribution is 0.199. The van der Waals surface area contributed by atoms with Gasteiger partial charge in [0.1, 0.15) is 0 Å². The minimum Gasteiger partial charge on any atom is -0.383 e. The van der Waals surface area contributed by atoms with Crippen LogP contribution in [0.25, 0.3) is 0 Å². The Kier molecular flexibility index (Phi) is 4.49. The van der Waals surface area contributed by atoms with Crippen LogP contribution in [0.4, 0.5) is 0 Å². The van der Waals surface area contributed by atoms with Gasteiger partial charge in [0, 0.05) is 26.9 Å². The Morgan fingerprint density at radius 2 is 2.38 bits per heavy atom. The molecular weight excluding hydrogens is 166 g/mol. The quantitative estimate of drug-likeness (QED) is 0.640. The van der Waals surface area contributed by atoms with Crippen LogP contribution >= 0.6 is 0 Å². The molecule has 0 atom stereocenters. The van der Waals surface area contributed by atoms with E-state index in [9.17, 15) is 0 Å². The number of hydrogen-bond acceptors (Lipinski definition) is 3. The van der Waals surface area contributed by atoms with Gasteiger partial charge in [-0.15, -0.1) is 0 Å². The molecule has 0 fully saturated rings. The van der Waals surface area contributed by atoms with Gasteiger partial charge < -0.3 is 10.1 Å². The molecule has 1 N–H and O–H groups in total. The summed E-state index contributed by atoms with van der Waals surface area (Å²) in [5.74, 6) is 0. The SMILES string of the molecule is COCCNCCc1cnn(C)c1. The third-order valence-corrected chi connectivity index (χ3v) is 1.83. The minimum atomic E-state index is 0.771. The molecule has 13 heavy (non-hydrogen) atoms. The molecule has 4 heteroatoms. The number of ether oxygens (including phenoxy) is 1. The van der Waals surface area contributed by atoms with Crippen molar-refractivity contribution in [2.75, 3.05) is 26.8 Å². The minimum absolute atomic E-state index is 0.771. The maximum absolute atomic E-state index is 4.92. The van der Waals surface area contributed by atoms with Crippen molar-refractivity contribution in [2.45, 2.75) is 6.42 Å². The number of nitrogens with one attached hydrogen (secondary N) is 1. The van der Waals surface area contributed by atoms with Gasteiger partial charge >= 0.3 is 0 Å². The van der Waals surface area contributed by atoms with Gasteiger partial charge in [0.15, 0.2) is 0 Å². The number of aromatic nitrogens is 2. The summed E-state index contributed by atoms with van der Waals surface area (Å²) in [6, 6.07) is 0. The van der Waals surface area contributed by atoms with E-state index < -0.39 is 0 Å². The van der Waals surface area contributed by atoms with Gasteiger partial charge in [-0.05, 0) is 18.5 Å². The zero-order chi connectivity index (χ0) is 9.52. The van der Waals surface area contributed by atoms with E-state index in [0.29, 0.717) is 0 Å². The van der Waals surface area contributed by atoms with Gasteiger partial charge in [-0.25, -0.2) is 0 Å². The van der Waals surface area contributed by atoms with Crippen molar-refractivity contribution in [2.24, 2.45) is 7.05 Å². The molecule has 0 spiro atoms. The Balaban J connectivity index is 2.06. The predicted molar refractivity (Wildman–Crippen MR) is 51.7 cm³/mol. The molecule has 0 aliphatic carbocycles. The van der Waals surface area contributed by atoms with E-state index in [1.807, 2.05) is 24.1 Å². The van der Waals surface area contributed by atoms with Crippen LogP contribution in [-0.2, 0) is 18.2 Å². The van der Waals surface area contributed by atoms with Gasteiger partial charge in [-0.2, -0.15) is 5.10 Å². The lowest BCUT2D eigenvalue weighted by Crippen LogP contribution is -2.21. The molecule has 0 radical (unpaired) electrons. The van der Waals surface area contributed by atoms with E-state index in [1.165, 1.54) is 5.56 Å². The van der Waals surface area contributed by atoms with Crippen molar-refractivity contribution in [3.8, 4) is 0 Å².